The summed E-state index contributed by atoms with van der Waals surface area (Å²) in [6, 6.07) is 6.29. The molecule has 0 spiro atoms. The summed E-state index contributed by atoms with van der Waals surface area (Å²) in [7, 11) is -3.37. The Balaban J connectivity index is 1.84. The molecule has 2 aromatic rings. The number of carbonyl (C=O) groups is 1. The molecule has 0 atom stereocenters. The average Bonchev–Trinajstić information content (AvgIpc) is 2.74. The summed E-state index contributed by atoms with van der Waals surface area (Å²) in [6.07, 6.45) is 4.81. The quantitative estimate of drug-likeness (QED) is 0.533. The van der Waals surface area contributed by atoms with Crippen molar-refractivity contribution in [1.29, 1.82) is 0 Å². The minimum atomic E-state index is -3.37. The highest BCUT2D eigenvalue weighted by atomic mass is 32.2. The monoisotopic (exact) mass is 447 g/mol. The van der Waals surface area contributed by atoms with E-state index in [1.54, 1.807) is 12.1 Å². The molecule has 1 aliphatic heterocycles. The maximum atomic E-state index is 12.0. The van der Waals surface area contributed by atoms with Gasteiger partial charge in [0.15, 0.2) is 21.3 Å². The van der Waals surface area contributed by atoms with Crippen LogP contribution in [0.2, 0.25) is 0 Å². The van der Waals surface area contributed by atoms with Gasteiger partial charge in [-0.05, 0) is 49.8 Å². The third kappa shape index (κ3) is 6.14. The van der Waals surface area contributed by atoms with Crippen LogP contribution in [0.25, 0.3) is 0 Å². The van der Waals surface area contributed by atoms with Gasteiger partial charge in [0.05, 0.1) is 10.6 Å². The first-order valence-corrected chi connectivity index (χ1v) is 12.3. The molecule has 31 heavy (non-hydrogen) atoms. The Morgan fingerprint density at radius 3 is 2.61 bits per heavy atom. The summed E-state index contributed by atoms with van der Waals surface area (Å²) in [5.41, 5.74) is 6.66. The minimum Gasteiger partial charge on any atom is -0.381 e. The number of carbonyl (C=O) groups excluding carboxylic acids is 1. The predicted molar refractivity (Wildman–Crippen MR) is 119 cm³/mol. The highest BCUT2D eigenvalue weighted by Crippen LogP contribution is 2.25. The molecule has 0 saturated carbocycles. The van der Waals surface area contributed by atoms with E-state index < -0.39 is 15.7 Å². The molecule has 0 aliphatic carbocycles. The Labute approximate surface area is 182 Å². The molecule has 1 amide bonds. The van der Waals surface area contributed by atoms with Crippen LogP contribution in [-0.4, -0.2) is 50.3 Å². The van der Waals surface area contributed by atoms with Gasteiger partial charge in [0, 0.05) is 31.7 Å². The number of nitrogens with two attached hydrogens (primary N) is 1. The second kappa shape index (κ2) is 10.1. The van der Waals surface area contributed by atoms with E-state index in [-0.39, 0.29) is 16.4 Å². The maximum Gasteiger partial charge on any atom is 0.271 e. The van der Waals surface area contributed by atoms with Gasteiger partial charge in [-0.25, -0.2) is 18.4 Å². The van der Waals surface area contributed by atoms with Gasteiger partial charge in [-0.1, -0.05) is 13.0 Å². The van der Waals surface area contributed by atoms with Crippen molar-refractivity contribution in [3.8, 4) is 0 Å². The number of rotatable bonds is 9. The molecule has 0 unspecified atom stereocenters. The molecule has 168 valence electrons. The lowest BCUT2D eigenvalue weighted by Crippen LogP contribution is -2.21. The van der Waals surface area contributed by atoms with Crippen molar-refractivity contribution >= 4 is 33.1 Å². The van der Waals surface area contributed by atoms with Crippen LogP contribution in [0.1, 0.15) is 42.4 Å². The lowest BCUT2D eigenvalue weighted by atomic mass is 9.97. The van der Waals surface area contributed by atoms with Crippen molar-refractivity contribution in [3.63, 3.8) is 0 Å². The van der Waals surface area contributed by atoms with Gasteiger partial charge >= 0.3 is 0 Å². The van der Waals surface area contributed by atoms with Crippen molar-refractivity contribution in [1.82, 2.24) is 9.97 Å². The fraction of sp³-hybridized carbons (Fsp3) is 0.476. The summed E-state index contributed by atoms with van der Waals surface area (Å²) >= 11 is 0. The molecular weight excluding hydrogens is 418 g/mol. The van der Waals surface area contributed by atoms with Crippen molar-refractivity contribution in [2.45, 2.75) is 37.5 Å². The fourth-order valence-electron chi connectivity index (χ4n) is 3.49. The number of anilines is 3. The summed E-state index contributed by atoms with van der Waals surface area (Å²) in [4.78, 5) is 21.1. The van der Waals surface area contributed by atoms with Gasteiger partial charge < -0.3 is 21.1 Å². The number of ether oxygens (including phenoxy) is 1. The molecular formula is C21H29N5O4S. The first kappa shape index (κ1) is 23.0. The second-order valence-electron chi connectivity index (χ2n) is 7.63. The first-order valence-electron chi connectivity index (χ1n) is 10.4. The SMILES string of the molecule is CCc1nc(C(N)=O)c(Nc2cccc(S(C)(=O)=O)c2)nc1NCCC1CCOCC1. The Hall–Kier alpha value is -2.72. The number of hydrogen-bond acceptors (Lipinski definition) is 8. The van der Waals surface area contributed by atoms with Crippen molar-refractivity contribution < 1.29 is 17.9 Å². The van der Waals surface area contributed by atoms with Crippen molar-refractivity contribution in [3.05, 3.63) is 35.7 Å². The van der Waals surface area contributed by atoms with E-state index in [1.165, 1.54) is 12.1 Å². The lowest BCUT2D eigenvalue weighted by Gasteiger charge is -2.22. The van der Waals surface area contributed by atoms with Crippen LogP contribution < -0.4 is 16.4 Å². The topological polar surface area (TPSA) is 136 Å². The molecule has 4 N–H and O–H groups in total. The van der Waals surface area contributed by atoms with Gasteiger partial charge in [0.25, 0.3) is 5.91 Å². The largest absolute Gasteiger partial charge is 0.381 e. The molecule has 1 aromatic carbocycles. The maximum absolute atomic E-state index is 12.0. The molecule has 1 fully saturated rings. The normalized spacial score (nSPS) is 14.9. The van der Waals surface area contributed by atoms with Crippen LogP contribution in [0.3, 0.4) is 0 Å². The van der Waals surface area contributed by atoms with E-state index in [0.717, 1.165) is 45.3 Å². The van der Waals surface area contributed by atoms with Gasteiger partial charge in [-0.2, -0.15) is 0 Å². The van der Waals surface area contributed by atoms with E-state index >= 15 is 0 Å². The Morgan fingerprint density at radius 2 is 1.97 bits per heavy atom. The Morgan fingerprint density at radius 1 is 1.23 bits per heavy atom. The average molecular weight is 448 g/mol. The van der Waals surface area contributed by atoms with E-state index in [9.17, 15) is 13.2 Å². The summed E-state index contributed by atoms with van der Waals surface area (Å²) in [5.74, 6) is 0.670. The smallest absolute Gasteiger partial charge is 0.271 e. The molecule has 2 heterocycles. The molecule has 1 saturated heterocycles. The van der Waals surface area contributed by atoms with Gasteiger partial charge in [0.2, 0.25) is 0 Å². The third-order valence-corrected chi connectivity index (χ3v) is 6.36. The number of aromatic nitrogens is 2. The van der Waals surface area contributed by atoms with E-state index in [4.69, 9.17) is 10.5 Å². The number of benzene rings is 1. The van der Waals surface area contributed by atoms with Crippen LogP contribution in [0.15, 0.2) is 29.2 Å². The second-order valence-corrected chi connectivity index (χ2v) is 9.65. The molecule has 0 bridgehead atoms. The number of nitrogens with zero attached hydrogens (tertiary/aromatic N) is 2. The standard InChI is InChI=1S/C21H29N5O4S/c1-3-17-20(23-10-7-14-8-11-30-12-9-14)26-21(18(25-17)19(22)27)24-15-5-4-6-16(13-15)31(2,28)29/h4-6,13-14H,3,7-12H2,1-2H3,(H2,22,27)(H2,23,24,26). The van der Waals surface area contributed by atoms with Crippen molar-refractivity contribution in [2.75, 3.05) is 36.6 Å². The summed E-state index contributed by atoms with van der Waals surface area (Å²) < 4.78 is 29.1. The number of primary amides is 1. The van der Waals surface area contributed by atoms with Crippen molar-refractivity contribution in [2.24, 2.45) is 11.7 Å². The number of amides is 1. The molecule has 0 radical (unpaired) electrons. The highest BCUT2D eigenvalue weighted by Gasteiger charge is 2.19. The number of nitrogens with one attached hydrogen (secondary N) is 2. The zero-order chi connectivity index (χ0) is 22.4. The Bertz CT molecular complexity index is 1040. The molecule has 1 aromatic heterocycles. The number of sulfone groups is 1. The van der Waals surface area contributed by atoms with E-state index in [1.807, 2.05) is 6.92 Å². The van der Waals surface area contributed by atoms with Crippen LogP contribution in [0.4, 0.5) is 17.3 Å². The zero-order valence-electron chi connectivity index (χ0n) is 17.8. The summed E-state index contributed by atoms with van der Waals surface area (Å²) in [6.45, 7) is 4.27. The van der Waals surface area contributed by atoms with E-state index in [2.05, 4.69) is 20.6 Å². The fourth-order valence-corrected chi connectivity index (χ4v) is 4.15. The zero-order valence-corrected chi connectivity index (χ0v) is 18.7. The van der Waals surface area contributed by atoms with Gasteiger partial charge in [-0.15, -0.1) is 0 Å². The van der Waals surface area contributed by atoms with Gasteiger partial charge in [0.1, 0.15) is 5.82 Å². The van der Waals surface area contributed by atoms with Crippen LogP contribution in [0, 0.1) is 5.92 Å². The minimum absolute atomic E-state index is 0.0107. The molecule has 10 heteroatoms. The number of aryl methyl sites for hydroxylation is 1. The number of hydrogen-bond donors (Lipinski definition) is 3. The highest BCUT2D eigenvalue weighted by molar-refractivity contribution is 7.90. The summed E-state index contributed by atoms with van der Waals surface area (Å²) in [5, 5.41) is 6.34. The first-order chi connectivity index (χ1) is 14.8. The predicted octanol–water partition coefficient (Wildman–Crippen LogP) is 2.51. The van der Waals surface area contributed by atoms with E-state index in [0.29, 0.717) is 29.5 Å². The van der Waals surface area contributed by atoms with Crippen LogP contribution in [-0.2, 0) is 21.0 Å². The van der Waals surface area contributed by atoms with Crippen LogP contribution >= 0.6 is 0 Å². The third-order valence-electron chi connectivity index (χ3n) is 5.25. The molecule has 9 nitrogen and oxygen atoms in total. The Kier molecular flexibility index (Phi) is 7.45. The molecule has 3 rings (SSSR count). The van der Waals surface area contributed by atoms with Crippen LogP contribution in [0.5, 0.6) is 0 Å². The lowest BCUT2D eigenvalue weighted by molar-refractivity contribution is 0.0649. The molecule has 1 aliphatic rings. The van der Waals surface area contributed by atoms with Gasteiger partial charge in [-0.3, -0.25) is 4.79 Å².